The lowest BCUT2D eigenvalue weighted by molar-refractivity contribution is -0.177. The second kappa shape index (κ2) is 5.84. The maximum Gasteiger partial charge on any atom is 0.409 e. The molecule has 1 aromatic rings. The summed E-state index contributed by atoms with van der Waals surface area (Å²) in [6.45, 7) is 0.448. The number of hydrogen-bond acceptors (Lipinski definition) is 7. The minimum absolute atomic E-state index is 0.299. The summed E-state index contributed by atoms with van der Waals surface area (Å²) in [5, 5.41) is 10.7. The van der Waals surface area contributed by atoms with Crippen LogP contribution in [0.2, 0.25) is 0 Å². The molecule has 1 spiro atoms. The number of benzene rings is 1. The average Bonchev–Trinajstić information content (AvgIpc) is 3.03. The monoisotopic (exact) mass is 389 g/mol. The van der Waals surface area contributed by atoms with Gasteiger partial charge in [0, 0.05) is 25.3 Å². The summed E-state index contributed by atoms with van der Waals surface area (Å²) < 4.78 is 22.4. The van der Waals surface area contributed by atoms with Crippen LogP contribution in [-0.2, 0) is 26.1 Å². The maximum absolute atomic E-state index is 13.3. The van der Waals surface area contributed by atoms with E-state index in [0.717, 1.165) is 11.1 Å². The van der Waals surface area contributed by atoms with Crippen LogP contribution >= 0.6 is 0 Å². The van der Waals surface area contributed by atoms with E-state index in [-0.39, 0.29) is 11.8 Å². The summed E-state index contributed by atoms with van der Waals surface area (Å²) in [7, 11) is 4.40. The van der Waals surface area contributed by atoms with Crippen molar-refractivity contribution < 1.29 is 33.6 Å². The molecular formula is C20H23NO7. The van der Waals surface area contributed by atoms with Crippen molar-refractivity contribution in [1.82, 2.24) is 4.90 Å². The van der Waals surface area contributed by atoms with Crippen LogP contribution in [0.3, 0.4) is 0 Å². The Morgan fingerprint density at radius 1 is 1.32 bits per heavy atom. The molecule has 2 aliphatic carbocycles. The fourth-order valence-electron chi connectivity index (χ4n) is 6.05. The second-order valence-electron chi connectivity index (χ2n) is 7.92. The van der Waals surface area contributed by atoms with Crippen LogP contribution in [0.15, 0.2) is 12.1 Å². The van der Waals surface area contributed by atoms with Crippen LogP contribution in [0.5, 0.6) is 11.5 Å². The number of ether oxygens (including phenoxy) is 4. The number of carbonyl (C=O) groups is 2. The molecule has 0 radical (unpaired) electrons. The van der Waals surface area contributed by atoms with Gasteiger partial charge in [0.25, 0.3) is 0 Å². The highest BCUT2D eigenvalue weighted by Gasteiger charge is 2.71. The molecule has 0 aromatic heterocycles. The Morgan fingerprint density at radius 2 is 2.11 bits per heavy atom. The van der Waals surface area contributed by atoms with Crippen LogP contribution in [0.4, 0.5) is 4.79 Å². The highest BCUT2D eigenvalue weighted by atomic mass is 16.6. The molecule has 8 nitrogen and oxygen atoms in total. The maximum atomic E-state index is 13.3. The van der Waals surface area contributed by atoms with Crippen molar-refractivity contribution in [2.24, 2.45) is 5.92 Å². The van der Waals surface area contributed by atoms with Crippen molar-refractivity contribution in [2.45, 2.75) is 42.6 Å². The Morgan fingerprint density at radius 3 is 2.79 bits per heavy atom. The molecular weight excluding hydrogens is 366 g/mol. The van der Waals surface area contributed by atoms with Gasteiger partial charge in [0.05, 0.1) is 25.6 Å². The Bertz CT molecular complexity index is 870. The van der Waals surface area contributed by atoms with Crippen molar-refractivity contribution in [3.63, 3.8) is 0 Å². The molecule has 2 fully saturated rings. The van der Waals surface area contributed by atoms with E-state index in [1.807, 2.05) is 12.1 Å². The van der Waals surface area contributed by atoms with Gasteiger partial charge in [0.2, 0.25) is 0 Å². The third-order valence-electron chi connectivity index (χ3n) is 7.07. The first-order valence-electron chi connectivity index (χ1n) is 9.45. The predicted octanol–water partition coefficient (Wildman–Crippen LogP) is 0.666. The summed E-state index contributed by atoms with van der Waals surface area (Å²) >= 11 is 0. The van der Waals surface area contributed by atoms with E-state index in [2.05, 4.69) is 0 Å². The number of piperidine rings is 1. The van der Waals surface area contributed by atoms with E-state index in [0.29, 0.717) is 30.9 Å². The fourth-order valence-corrected chi connectivity index (χ4v) is 6.05. The van der Waals surface area contributed by atoms with Gasteiger partial charge in [-0.15, -0.1) is 0 Å². The molecule has 1 aromatic carbocycles. The smallest absolute Gasteiger partial charge is 0.409 e. The lowest BCUT2D eigenvalue weighted by atomic mass is 9.50. The van der Waals surface area contributed by atoms with Crippen molar-refractivity contribution in [3.05, 3.63) is 23.3 Å². The lowest BCUT2D eigenvalue weighted by Gasteiger charge is -2.58. The van der Waals surface area contributed by atoms with E-state index in [4.69, 9.17) is 18.9 Å². The zero-order valence-corrected chi connectivity index (χ0v) is 16.0. The van der Waals surface area contributed by atoms with Gasteiger partial charge in [-0.3, -0.25) is 4.79 Å². The molecule has 0 unspecified atom stereocenters. The van der Waals surface area contributed by atoms with Gasteiger partial charge in [-0.2, -0.15) is 0 Å². The molecule has 4 aliphatic rings. The van der Waals surface area contributed by atoms with Crippen LogP contribution in [0, 0.1) is 5.92 Å². The molecule has 1 saturated heterocycles. The summed E-state index contributed by atoms with van der Waals surface area (Å²) in [6.07, 6.45) is -2.04. The largest absolute Gasteiger partial charge is 0.493 e. The molecule has 2 heterocycles. The van der Waals surface area contributed by atoms with Gasteiger partial charge in [-0.25, -0.2) is 4.79 Å². The number of Topliss-reactive ketones (excluding diaryl/α,β-unsaturated/α-hetero) is 1. The molecule has 2 bridgehead atoms. The predicted molar refractivity (Wildman–Crippen MR) is 95.6 cm³/mol. The Kier molecular flexibility index (Phi) is 3.70. The van der Waals surface area contributed by atoms with Gasteiger partial charge in [-0.1, -0.05) is 6.07 Å². The van der Waals surface area contributed by atoms with Gasteiger partial charge in [0.15, 0.2) is 17.3 Å². The first kappa shape index (κ1) is 17.8. The number of amides is 1. The minimum Gasteiger partial charge on any atom is -0.493 e. The van der Waals surface area contributed by atoms with E-state index in [1.54, 1.807) is 12.0 Å². The summed E-state index contributed by atoms with van der Waals surface area (Å²) in [5.41, 5.74) is 1.36. The SMILES string of the molecule is COC(=O)N1CC[C@]23c4c5ccc(OC)c4O[C@H]2[C@@H](OC)[C@H](O)C(=O)[C@H]3[C@H]1C5. The normalized spacial score (nSPS) is 37.2. The summed E-state index contributed by atoms with van der Waals surface area (Å²) in [4.78, 5) is 27.4. The van der Waals surface area contributed by atoms with Crippen molar-refractivity contribution in [3.8, 4) is 11.5 Å². The Balaban J connectivity index is 1.76. The van der Waals surface area contributed by atoms with Gasteiger partial charge < -0.3 is 29.0 Å². The number of carbonyl (C=O) groups excluding carboxylic acids is 2. The third-order valence-corrected chi connectivity index (χ3v) is 7.07. The zero-order valence-electron chi connectivity index (χ0n) is 16.0. The number of hydrogen-bond donors (Lipinski definition) is 1. The standard InChI is InChI=1S/C20H23NO7/c1-25-11-5-4-9-8-10-13-14(22)15(23)17(26-2)18-20(13,12(9)16(11)28-18)6-7-21(10)19(24)27-3/h4-5,10,13,15,17-18,23H,6-8H2,1-3H3/t10-,13-,15-,17+,18+,20-/m1/s1. The first-order chi connectivity index (χ1) is 13.5. The molecule has 8 heteroatoms. The van der Waals surface area contributed by atoms with Crippen molar-refractivity contribution in [1.29, 1.82) is 0 Å². The van der Waals surface area contributed by atoms with E-state index < -0.39 is 35.7 Å². The second-order valence-corrected chi connectivity index (χ2v) is 7.92. The Hall–Kier alpha value is -2.32. The molecule has 1 saturated carbocycles. The number of aliphatic hydroxyl groups excluding tert-OH is 1. The lowest BCUT2D eigenvalue weighted by Crippen LogP contribution is -2.73. The highest BCUT2D eigenvalue weighted by Crippen LogP contribution is 2.63. The van der Waals surface area contributed by atoms with E-state index in [1.165, 1.54) is 14.2 Å². The topological polar surface area (TPSA) is 94.5 Å². The molecule has 150 valence electrons. The van der Waals surface area contributed by atoms with E-state index >= 15 is 0 Å². The molecule has 28 heavy (non-hydrogen) atoms. The Labute approximate surface area is 162 Å². The van der Waals surface area contributed by atoms with Gasteiger partial charge in [-0.05, 0) is 24.5 Å². The van der Waals surface area contributed by atoms with Crippen LogP contribution in [0.25, 0.3) is 0 Å². The molecule has 6 atom stereocenters. The summed E-state index contributed by atoms with van der Waals surface area (Å²) in [5.74, 6) is 0.357. The minimum atomic E-state index is -1.31. The van der Waals surface area contributed by atoms with Gasteiger partial charge >= 0.3 is 6.09 Å². The van der Waals surface area contributed by atoms with Crippen LogP contribution in [-0.4, -0.2) is 74.1 Å². The number of ketones is 1. The van der Waals surface area contributed by atoms with Crippen molar-refractivity contribution in [2.75, 3.05) is 27.9 Å². The number of rotatable bonds is 2. The third kappa shape index (κ3) is 1.87. The van der Waals surface area contributed by atoms with Crippen LogP contribution < -0.4 is 9.47 Å². The molecule has 1 N–H and O–H groups in total. The fraction of sp³-hybridized carbons (Fsp3) is 0.600. The quantitative estimate of drug-likeness (QED) is 0.794. The molecule has 2 aliphatic heterocycles. The molecule has 5 rings (SSSR count). The van der Waals surface area contributed by atoms with Gasteiger partial charge in [0.1, 0.15) is 18.3 Å². The highest BCUT2D eigenvalue weighted by molar-refractivity contribution is 5.92. The van der Waals surface area contributed by atoms with Crippen LogP contribution in [0.1, 0.15) is 17.5 Å². The number of aliphatic hydroxyl groups is 1. The number of nitrogens with zero attached hydrogens (tertiary/aromatic N) is 1. The number of likely N-dealkylation sites (tertiary alicyclic amines) is 1. The first-order valence-corrected chi connectivity index (χ1v) is 9.45. The zero-order chi connectivity index (χ0) is 19.8. The average molecular weight is 389 g/mol. The van der Waals surface area contributed by atoms with E-state index in [9.17, 15) is 14.7 Å². The number of methoxy groups -OCH3 is 3. The summed E-state index contributed by atoms with van der Waals surface area (Å²) in [6, 6.07) is 3.44. The van der Waals surface area contributed by atoms with Crippen molar-refractivity contribution >= 4 is 11.9 Å². The molecule has 1 amide bonds.